The first-order chi connectivity index (χ1) is 11.8. The van der Waals surface area contributed by atoms with Gasteiger partial charge >= 0.3 is 0 Å². The molecule has 0 aromatic heterocycles. The lowest BCUT2D eigenvalue weighted by molar-refractivity contribution is -0.121. The van der Waals surface area contributed by atoms with E-state index in [9.17, 15) is 4.79 Å². The smallest absolute Gasteiger partial charge is 0.220 e. The van der Waals surface area contributed by atoms with E-state index < -0.39 is 0 Å². The lowest BCUT2D eigenvalue weighted by atomic mass is 10.1. The average molecular weight is 330 g/mol. The van der Waals surface area contributed by atoms with Crippen molar-refractivity contribution >= 4 is 11.6 Å². The summed E-state index contributed by atoms with van der Waals surface area (Å²) < 4.78 is 5.39. The molecule has 1 saturated heterocycles. The summed E-state index contributed by atoms with van der Waals surface area (Å²) in [5.41, 5.74) is 2.49. The zero-order chi connectivity index (χ0) is 16.6. The second-order valence-electron chi connectivity index (χ2n) is 7.02. The zero-order valence-corrected chi connectivity index (χ0v) is 14.6. The van der Waals surface area contributed by atoms with Crippen molar-refractivity contribution in [3.05, 3.63) is 29.8 Å². The minimum Gasteiger partial charge on any atom is -0.378 e. The third kappa shape index (κ3) is 5.23. The summed E-state index contributed by atoms with van der Waals surface area (Å²) in [6.45, 7) is 3.54. The Hall–Kier alpha value is -1.55. The fraction of sp³-hybridized carbons (Fsp3) is 0.650. The third-order valence-corrected chi connectivity index (χ3v) is 5.17. The molecule has 1 amide bonds. The molecular weight excluding hydrogens is 300 g/mol. The van der Waals surface area contributed by atoms with Crippen LogP contribution in [0.15, 0.2) is 24.3 Å². The highest BCUT2D eigenvalue weighted by Gasteiger charge is 2.15. The van der Waals surface area contributed by atoms with Gasteiger partial charge < -0.3 is 15.0 Å². The normalized spacial score (nSPS) is 19.8. The van der Waals surface area contributed by atoms with E-state index in [1.807, 2.05) is 0 Å². The van der Waals surface area contributed by atoms with E-state index >= 15 is 0 Å². The van der Waals surface area contributed by atoms with Gasteiger partial charge in [-0.1, -0.05) is 37.8 Å². The Morgan fingerprint density at radius 3 is 2.38 bits per heavy atom. The minimum atomic E-state index is 0.208. The van der Waals surface area contributed by atoms with Gasteiger partial charge in [0, 0.05) is 31.2 Å². The third-order valence-electron chi connectivity index (χ3n) is 5.17. The van der Waals surface area contributed by atoms with Crippen molar-refractivity contribution in [1.29, 1.82) is 0 Å². The van der Waals surface area contributed by atoms with Gasteiger partial charge in [-0.2, -0.15) is 0 Å². The topological polar surface area (TPSA) is 41.6 Å². The molecule has 1 heterocycles. The lowest BCUT2D eigenvalue weighted by Crippen LogP contribution is -2.36. The maximum absolute atomic E-state index is 12.2. The SMILES string of the molecule is O=C(CCc1ccc(N2CCOCC2)cc1)NC1CCCCCC1. The van der Waals surface area contributed by atoms with Crippen molar-refractivity contribution < 1.29 is 9.53 Å². The highest BCUT2D eigenvalue weighted by Crippen LogP contribution is 2.19. The van der Waals surface area contributed by atoms with Crippen LogP contribution in [-0.4, -0.2) is 38.3 Å². The van der Waals surface area contributed by atoms with Crippen LogP contribution in [0, 0.1) is 0 Å². The van der Waals surface area contributed by atoms with Gasteiger partial charge in [0.1, 0.15) is 0 Å². The van der Waals surface area contributed by atoms with Gasteiger partial charge in [0.25, 0.3) is 0 Å². The molecule has 0 bridgehead atoms. The molecular formula is C20H30N2O2. The number of benzene rings is 1. The number of carbonyl (C=O) groups is 1. The molecule has 24 heavy (non-hydrogen) atoms. The number of nitrogens with zero attached hydrogens (tertiary/aromatic N) is 1. The molecule has 1 aromatic carbocycles. The van der Waals surface area contributed by atoms with Crippen LogP contribution >= 0.6 is 0 Å². The van der Waals surface area contributed by atoms with Crippen LogP contribution in [0.5, 0.6) is 0 Å². The van der Waals surface area contributed by atoms with E-state index in [1.54, 1.807) is 0 Å². The van der Waals surface area contributed by atoms with Crippen molar-refractivity contribution in [3.63, 3.8) is 0 Å². The number of amides is 1. The summed E-state index contributed by atoms with van der Waals surface area (Å²) in [6, 6.07) is 9.06. The number of morpholine rings is 1. The van der Waals surface area contributed by atoms with Gasteiger partial charge in [0.2, 0.25) is 5.91 Å². The molecule has 1 aliphatic carbocycles. The number of hydrogen-bond donors (Lipinski definition) is 1. The Balaban J connectivity index is 1.43. The van der Waals surface area contributed by atoms with Crippen LogP contribution in [0.1, 0.15) is 50.5 Å². The maximum Gasteiger partial charge on any atom is 0.220 e. The molecule has 0 unspecified atom stereocenters. The van der Waals surface area contributed by atoms with Crippen molar-refractivity contribution in [2.24, 2.45) is 0 Å². The van der Waals surface area contributed by atoms with E-state index in [0.717, 1.165) is 45.6 Å². The van der Waals surface area contributed by atoms with Crippen molar-refractivity contribution in [3.8, 4) is 0 Å². The number of anilines is 1. The Kier molecular flexibility index (Phi) is 6.53. The molecule has 0 atom stereocenters. The molecule has 1 aromatic rings. The predicted octanol–water partition coefficient (Wildman–Crippen LogP) is 3.29. The highest BCUT2D eigenvalue weighted by molar-refractivity contribution is 5.76. The number of carbonyl (C=O) groups excluding carboxylic acids is 1. The molecule has 2 aliphatic rings. The van der Waals surface area contributed by atoms with Crippen LogP contribution in [0.3, 0.4) is 0 Å². The van der Waals surface area contributed by atoms with Crippen molar-refractivity contribution in [2.75, 3.05) is 31.2 Å². The molecule has 4 nitrogen and oxygen atoms in total. The van der Waals surface area contributed by atoms with Gasteiger partial charge in [0.15, 0.2) is 0 Å². The van der Waals surface area contributed by atoms with Crippen LogP contribution in [0.4, 0.5) is 5.69 Å². The largest absolute Gasteiger partial charge is 0.378 e. The van der Waals surface area contributed by atoms with Gasteiger partial charge in [-0.25, -0.2) is 0 Å². The molecule has 1 N–H and O–H groups in total. The van der Waals surface area contributed by atoms with Crippen molar-refractivity contribution in [1.82, 2.24) is 5.32 Å². The molecule has 132 valence electrons. The fourth-order valence-corrected chi connectivity index (χ4v) is 3.68. The lowest BCUT2D eigenvalue weighted by Gasteiger charge is -2.28. The molecule has 4 heteroatoms. The second-order valence-corrected chi connectivity index (χ2v) is 7.02. The van der Waals surface area contributed by atoms with Crippen molar-refractivity contribution in [2.45, 2.75) is 57.4 Å². The standard InChI is InChI=1S/C20H30N2O2/c23-20(21-18-5-3-1-2-4-6-18)12-9-17-7-10-19(11-8-17)22-13-15-24-16-14-22/h7-8,10-11,18H,1-6,9,12-16H2,(H,21,23). The van der Waals surface area contributed by atoms with Crippen LogP contribution < -0.4 is 10.2 Å². The number of ether oxygens (including phenoxy) is 1. The molecule has 1 saturated carbocycles. The Morgan fingerprint density at radius 1 is 1.04 bits per heavy atom. The number of nitrogens with one attached hydrogen (secondary N) is 1. The van der Waals surface area contributed by atoms with Crippen LogP contribution in [-0.2, 0) is 16.0 Å². The summed E-state index contributed by atoms with van der Waals surface area (Å²) in [5.74, 6) is 0.208. The number of aryl methyl sites for hydroxylation is 1. The van der Waals surface area contributed by atoms with Gasteiger partial charge in [-0.3, -0.25) is 4.79 Å². The molecule has 3 rings (SSSR count). The van der Waals surface area contributed by atoms with Gasteiger partial charge in [-0.05, 0) is 37.0 Å². The summed E-state index contributed by atoms with van der Waals surface area (Å²) in [6.07, 6.45) is 8.88. The Bertz CT molecular complexity index is 501. The zero-order valence-electron chi connectivity index (χ0n) is 14.6. The molecule has 0 spiro atoms. The van der Waals surface area contributed by atoms with E-state index in [-0.39, 0.29) is 5.91 Å². The van der Waals surface area contributed by atoms with E-state index in [4.69, 9.17) is 4.74 Å². The summed E-state index contributed by atoms with van der Waals surface area (Å²) in [7, 11) is 0. The highest BCUT2D eigenvalue weighted by atomic mass is 16.5. The van der Waals surface area contributed by atoms with E-state index in [1.165, 1.54) is 36.9 Å². The summed E-state index contributed by atoms with van der Waals surface area (Å²) >= 11 is 0. The van der Waals surface area contributed by atoms with Crippen LogP contribution in [0.25, 0.3) is 0 Å². The first-order valence-corrected chi connectivity index (χ1v) is 9.52. The Labute approximate surface area is 145 Å². The summed E-state index contributed by atoms with van der Waals surface area (Å²) in [4.78, 5) is 14.5. The predicted molar refractivity (Wildman–Crippen MR) is 97.4 cm³/mol. The molecule has 0 radical (unpaired) electrons. The maximum atomic E-state index is 12.2. The first kappa shape index (κ1) is 17.3. The minimum absolute atomic E-state index is 0.208. The Morgan fingerprint density at radius 2 is 1.71 bits per heavy atom. The second kappa shape index (κ2) is 9.07. The van der Waals surface area contributed by atoms with E-state index in [2.05, 4.69) is 34.5 Å². The molecule has 2 fully saturated rings. The monoisotopic (exact) mass is 330 g/mol. The average Bonchev–Trinajstić information content (AvgIpc) is 2.90. The quantitative estimate of drug-likeness (QED) is 0.842. The first-order valence-electron chi connectivity index (χ1n) is 9.52. The summed E-state index contributed by atoms with van der Waals surface area (Å²) in [5, 5.41) is 3.23. The number of hydrogen-bond acceptors (Lipinski definition) is 3. The van der Waals surface area contributed by atoms with E-state index in [0.29, 0.717) is 12.5 Å². The van der Waals surface area contributed by atoms with Crippen LogP contribution in [0.2, 0.25) is 0 Å². The van der Waals surface area contributed by atoms with Gasteiger partial charge in [-0.15, -0.1) is 0 Å². The molecule has 1 aliphatic heterocycles. The van der Waals surface area contributed by atoms with Gasteiger partial charge in [0.05, 0.1) is 13.2 Å². The fourth-order valence-electron chi connectivity index (χ4n) is 3.68. The number of rotatable bonds is 5.